The van der Waals surface area contributed by atoms with Crippen LogP contribution in [-0.2, 0) is 0 Å². The van der Waals surface area contributed by atoms with Crippen molar-refractivity contribution in [2.24, 2.45) is 17.8 Å². The zero-order valence-electron chi connectivity index (χ0n) is 4.15. The monoisotopic (exact) mass is 82.1 g/mol. The number of fused-ring (bicyclic) bond motifs is 1. The molecule has 2 unspecified atom stereocenters. The van der Waals surface area contributed by atoms with Gasteiger partial charge in [-0.05, 0) is 24.2 Å². The lowest BCUT2D eigenvalue weighted by atomic mass is 10.1. The van der Waals surface area contributed by atoms with Crippen molar-refractivity contribution in [2.45, 2.75) is 19.8 Å². The molecule has 0 aliphatic heterocycles. The molecule has 0 aromatic rings. The maximum Gasteiger partial charge on any atom is -0.0349 e. The second kappa shape index (κ2) is 0.661. The molecule has 0 amide bonds. The van der Waals surface area contributed by atoms with Crippen LogP contribution in [0.4, 0.5) is 0 Å². The van der Waals surface area contributed by atoms with Gasteiger partial charge in [0.1, 0.15) is 0 Å². The molecule has 2 aliphatic rings. The van der Waals surface area contributed by atoms with Gasteiger partial charge in [0.2, 0.25) is 0 Å². The maximum absolute atomic E-state index is 2.30. The molecule has 0 nitrogen and oxygen atoms in total. The summed E-state index contributed by atoms with van der Waals surface area (Å²) in [7, 11) is 0. The Morgan fingerprint density at radius 3 is 2.17 bits per heavy atom. The van der Waals surface area contributed by atoms with Crippen molar-refractivity contribution in [3.05, 3.63) is 0 Å². The van der Waals surface area contributed by atoms with Crippen LogP contribution in [0.15, 0.2) is 0 Å². The lowest BCUT2D eigenvalue weighted by Gasteiger charge is -1.91. The number of hydrogen-bond donors (Lipinski definition) is 0. The predicted molar refractivity (Wildman–Crippen MR) is 25.4 cm³/mol. The van der Waals surface area contributed by atoms with E-state index in [1.165, 1.54) is 24.2 Å². The molecule has 0 saturated heterocycles. The van der Waals surface area contributed by atoms with Gasteiger partial charge in [0.15, 0.2) is 0 Å². The number of hydrogen-bond acceptors (Lipinski definition) is 0. The van der Waals surface area contributed by atoms with Crippen molar-refractivity contribution in [3.63, 3.8) is 0 Å². The van der Waals surface area contributed by atoms with Gasteiger partial charge in [-0.1, -0.05) is 13.3 Å². The van der Waals surface area contributed by atoms with Crippen LogP contribution < -0.4 is 0 Å². The fraction of sp³-hybridized carbons (Fsp3) is 1.00. The molecule has 34 valence electrons. The van der Waals surface area contributed by atoms with Crippen LogP contribution in [0.25, 0.3) is 0 Å². The van der Waals surface area contributed by atoms with Gasteiger partial charge in [-0.2, -0.15) is 0 Å². The second-order valence-corrected chi connectivity index (χ2v) is 2.64. The minimum Gasteiger partial charge on any atom is -0.0651 e. The Bertz CT molecular complexity index is 68.1. The fourth-order valence-electron chi connectivity index (χ4n) is 1.52. The largest absolute Gasteiger partial charge is 0.0651 e. The Morgan fingerprint density at radius 1 is 1.50 bits per heavy atom. The summed E-state index contributed by atoms with van der Waals surface area (Å²) in [6, 6.07) is 0. The van der Waals surface area contributed by atoms with Crippen LogP contribution >= 0.6 is 0 Å². The average Bonchev–Trinajstić information content (AvgIpc) is 2.12. The highest BCUT2D eigenvalue weighted by Crippen LogP contribution is 2.69. The van der Waals surface area contributed by atoms with E-state index in [9.17, 15) is 0 Å². The van der Waals surface area contributed by atoms with Crippen molar-refractivity contribution < 1.29 is 0 Å². The van der Waals surface area contributed by atoms with Crippen molar-refractivity contribution in [1.82, 2.24) is 0 Å². The standard InChI is InChI=1S/C6H10/c1-2-4-5-3-6(4)5/h4-6H,2-3H2,1H3. The Hall–Kier alpha value is 0. The highest BCUT2D eigenvalue weighted by atomic mass is 14.7. The zero-order chi connectivity index (χ0) is 4.15. The van der Waals surface area contributed by atoms with Crippen LogP contribution in [0.5, 0.6) is 0 Å². The van der Waals surface area contributed by atoms with E-state index in [0.717, 1.165) is 0 Å². The first-order valence-corrected chi connectivity index (χ1v) is 2.93. The summed E-state index contributed by atoms with van der Waals surface area (Å²) in [4.78, 5) is 0. The quantitative estimate of drug-likeness (QED) is 0.451. The highest BCUT2D eigenvalue weighted by molar-refractivity contribution is 5.10. The third-order valence-electron chi connectivity index (χ3n) is 2.32. The normalized spacial score (nSPS) is 60.5. The SMILES string of the molecule is CCC1C2CC12. The van der Waals surface area contributed by atoms with Crippen LogP contribution in [0.1, 0.15) is 19.8 Å². The predicted octanol–water partition coefficient (Wildman–Crippen LogP) is 1.66. The maximum atomic E-state index is 2.30. The molecule has 0 radical (unpaired) electrons. The molecule has 6 heavy (non-hydrogen) atoms. The third-order valence-corrected chi connectivity index (χ3v) is 2.32. The zero-order valence-corrected chi connectivity index (χ0v) is 4.15. The van der Waals surface area contributed by atoms with Crippen LogP contribution in [0.2, 0.25) is 0 Å². The third kappa shape index (κ3) is 0.184. The molecule has 2 saturated carbocycles. The number of rotatable bonds is 1. The Kier molecular flexibility index (Phi) is 0.337. The van der Waals surface area contributed by atoms with E-state index in [1.807, 2.05) is 0 Å². The molecular weight excluding hydrogens is 72.1 g/mol. The van der Waals surface area contributed by atoms with Gasteiger partial charge in [-0.3, -0.25) is 0 Å². The smallest absolute Gasteiger partial charge is 0.0349 e. The molecule has 0 bridgehead atoms. The van der Waals surface area contributed by atoms with E-state index in [-0.39, 0.29) is 0 Å². The molecule has 0 heterocycles. The first-order valence-electron chi connectivity index (χ1n) is 2.93. The molecule has 0 aromatic carbocycles. The Morgan fingerprint density at radius 2 is 2.17 bits per heavy atom. The van der Waals surface area contributed by atoms with Crippen molar-refractivity contribution >= 4 is 0 Å². The van der Waals surface area contributed by atoms with E-state index in [2.05, 4.69) is 6.92 Å². The highest BCUT2D eigenvalue weighted by Gasteiger charge is 2.62. The molecular formula is C6H10. The van der Waals surface area contributed by atoms with Gasteiger partial charge in [0.05, 0.1) is 0 Å². The van der Waals surface area contributed by atoms with Gasteiger partial charge in [0.25, 0.3) is 0 Å². The molecule has 0 spiro atoms. The Labute approximate surface area is 38.6 Å². The van der Waals surface area contributed by atoms with Crippen LogP contribution in [-0.4, -0.2) is 0 Å². The minimum atomic E-state index is 1.20. The minimum absolute atomic E-state index is 1.20. The van der Waals surface area contributed by atoms with Gasteiger partial charge < -0.3 is 0 Å². The van der Waals surface area contributed by atoms with Gasteiger partial charge in [-0.25, -0.2) is 0 Å². The Balaban J connectivity index is 1.92. The molecule has 2 atom stereocenters. The lowest BCUT2D eigenvalue weighted by Crippen LogP contribution is -1.81. The first kappa shape index (κ1) is 3.06. The van der Waals surface area contributed by atoms with Crippen LogP contribution in [0, 0.1) is 17.8 Å². The summed E-state index contributed by atoms with van der Waals surface area (Å²) >= 11 is 0. The molecule has 2 fully saturated rings. The summed E-state index contributed by atoms with van der Waals surface area (Å²) in [5.41, 5.74) is 0. The summed E-state index contributed by atoms with van der Waals surface area (Å²) in [5, 5.41) is 0. The summed E-state index contributed by atoms with van der Waals surface area (Å²) in [6.07, 6.45) is 3.04. The van der Waals surface area contributed by atoms with Crippen LogP contribution in [0.3, 0.4) is 0 Å². The molecule has 0 heteroatoms. The van der Waals surface area contributed by atoms with E-state index in [4.69, 9.17) is 0 Å². The topological polar surface area (TPSA) is 0 Å². The second-order valence-electron chi connectivity index (χ2n) is 2.64. The van der Waals surface area contributed by atoms with E-state index < -0.39 is 0 Å². The summed E-state index contributed by atoms with van der Waals surface area (Å²) in [5.74, 6) is 3.66. The van der Waals surface area contributed by atoms with E-state index in [1.54, 1.807) is 6.42 Å². The van der Waals surface area contributed by atoms with Crippen molar-refractivity contribution in [3.8, 4) is 0 Å². The fourth-order valence-corrected chi connectivity index (χ4v) is 1.52. The summed E-state index contributed by atoms with van der Waals surface area (Å²) < 4.78 is 0. The van der Waals surface area contributed by atoms with E-state index >= 15 is 0 Å². The van der Waals surface area contributed by atoms with Gasteiger partial charge in [-0.15, -0.1) is 0 Å². The van der Waals surface area contributed by atoms with Crippen molar-refractivity contribution in [1.29, 1.82) is 0 Å². The van der Waals surface area contributed by atoms with Crippen molar-refractivity contribution in [2.75, 3.05) is 0 Å². The van der Waals surface area contributed by atoms with Gasteiger partial charge in [0, 0.05) is 0 Å². The average molecular weight is 82.1 g/mol. The van der Waals surface area contributed by atoms with Gasteiger partial charge >= 0.3 is 0 Å². The lowest BCUT2D eigenvalue weighted by molar-refractivity contribution is 0.595. The summed E-state index contributed by atoms with van der Waals surface area (Å²) in [6.45, 7) is 2.30. The first-order chi connectivity index (χ1) is 2.93. The molecule has 0 N–H and O–H groups in total. The molecule has 0 aromatic heterocycles. The molecule has 2 rings (SSSR count). The molecule has 2 aliphatic carbocycles. The van der Waals surface area contributed by atoms with E-state index in [0.29, 0.717) is 0 Å².